The van der Waals surface area contributed by atoms with E-state index in [-0.39, 0.29) is 5.54 Å². The summed E-state index contributed by atoms with van der Waals surface area (Å²) in [5, 5.41) is 7.52. The molecule has 0 aromatic carbocycles. The van der Waals surface area contributed by atoms with Crippen LogP contribution in [-0.2, 0) is 17.8 Å². The van der Waals surface area contributed by atoms with Crippen LogP contribution in [0, 0.1) is 0 Å². The van der Waals surface area contributed by atoms with Gasteiger partial charge in [-0.1, -0.05) is 12.1 Å². The van der Waals surface area contributed by atoms with Crippen LogP contribution in [0.1, 0.15) is 46.1 Å². The molecule has 0 aliphatic heterocycles. The lowest BCUT2D eigenvalue weighted by Crippen LogP contribution is -2.35. The SMILES string of the molecule is CCN(Cc1cc(CNC(C)(C)C)no1)C(C)COC. The van der Waals surface area contributed by atoms with Gasteiger partial charge in [-0.2, -0.15) is 0 Å². The Morgan fingerprint density at radius 1 is 1.45 bits per heavy atom. The Morgan fingerprint density at radius 2 is 2.15 bits per heavy atom. The largest absolute Gasteiger partial charge is 0.383 e. The van der Waals surface area contributed by atoms with Gasteiger partial charge in [-0.3, -0.25) is 4.90 Å². The van der Waals surface area contributed by atoms with Crippen molar-refractivity contribution in [1.82, 2.24) is 15.4 Å². The van der Waals surface area contributed by atoms with E-state index in [4.69, 9.17) is 9.26 Å². The summed E-state index contributed by atoms with van der Waals surface area (Å²) in [6.07, 6.45) is 0. The lowest BCUT2D eigenvalue weighted by Gasteiger charge is -2.25. The van der Waals surface area contributed by atoms with Crippen LogP contribution in [0.4, 0.5) is 0 Å². The number of methoxy groups -OCH3 is 1. The van der Waals surface area contributed by atoms with E-state index in [1.807, 2.05) is 6.07 Å². The molecule has 20 heavy (non-hydrogen) atoms. The second kappa shape index (κ2) is 7.76. The molecule has 0 amide bonds. The summed E-state index contributed by atoms with van der Waals surface area (Å²) in [6.45, 7) is 13.9. The maximum atomic E-state index is 5.42. The topological polar surface area (TPSA) is 50.5 Å². The van der Waals surface area contributed by atoms with E-state index in [1.54, 1.807) is 7.11 Å². The van der Waals surface area contributed by atoms with Gasteiger partial charge in [0.15, 0.2) is 5.76 Å². The summed E-state index contributed by atoms with van der Waals surface area (Å²) < 4.78 is 10.6. The molecular formula is C15H29N3O2. The van der Waals surface area contributed by atoms with Crippen molar-refractivity contribution >= 4 is 0 Å². The van der Waals surface area contributed by atoms with Crippen LogP contribution < -0.4 is 5.32 Å². The van der Waals surface area contributed by atoms with Gasteiger partial charge in [0, 0.05) is 31.3 Å². The molecule has 1 heterocycles. The quantitative estimate of drug-likeness (QED) is 0.794. The fourth-order valence-corrected chi connectivity index (χ4v) is 2.00. The van der Waals surface area contributed by atoms with Crippen molar-refractivity contribution in [2.24, 2.45) is 0 Å². The Kier molecular flexibility index (Phi) is 6.65. The van der Waals surface area contributed by atoms with Gasteiger partial charge in [0.25, 0.3) is 0 Å². The summed E-state index contributed by atoms with van der Waals surface area (Å²) in [5.41, 5.74) is 1.03. The Hall–Kier alpha value is -0.910. The zero-order valence-electron chi connectivity index (χ0n) is 13.7. The molecule has 5 heteroatoms. The van der Waals surface area contributed by atoms with Crippen molar-refractivity contribution in [1.29, 1.82) is 0 Å². The van der Waals surface area contributed by atoms with Crippen LogP contribution in [0.15, 0.2) is 10.6 Å². The van der Waals surface area contributed by atoms with Crippen molar-refractivity contribution < 1.29 is 9.26 Å². The number of hydrogen-bond donors (Lipinski definition) is 1. The maximum absolute atomic E-state index is 5.42. The van der Waals surface area contributed by atoms with Gasteiger partial charge in [-0.25, -0.2) is 0 Å². The lowest BCUT2D eigenvalue weighted by molar-refractivity contribution is 0.0919. The second-order valence-electron chi connectivity index (χ2n) is 6.26. The highest BCUT2D eigenvalue weighted by molar-refractivity contribution is 5.05. The van der Waals surface area contributed by atoms with Gasteiger partial charge in [0.1, 0.15) is 0 Å². The second-order valence-corrected chi connectivity index (χ2v) is 6.26. The van der Waals surface area contributed by atoms with E-state index < -0.39 is 0 Å². The summed E-state index contributed by atoms with van der Waals surface area (Å²) in [6, 6.07) is 2.40. The minimum absolute atomic E-state index is 0.0849. The minimum Gasteiger partial charge on any atom is -0.383 e. The first-order valence-corrected chi connectivity index (χ1v) is 7.28. The minimum atomic E-state index is 0.0849. The fourth-order valence-electron chi connectivity index (χ4n) is 2.00. The first-order valence-electron chi connectivity index (χ1n) is 7.28. The number of hydrogen-bond acceptors (Lipinski definition) is 5. The van der Waals surface area contributed by atoms with Crippen molar-refractivity contribution in [3.05, 3.63) is 17.5 Å². The van der Waals surface area contributed by atoms with Crippen molar-refractivity contribution in [2.45, 2.75) is 59.3 Å². The highest BCUT2D eigenvalue weighted by atomic mass is 16.5. The highest BCUT2D eigenvalue weighted by Crippen LogP contribution is 2.11. The number of aromatic nitrogens is 1. The highest BCUT2D eigenvalue weighted by Gasteiger charge is 2.16. The van der Waals surface area contributed by atoms with Gasteiger partial charge in [-0.05, 0) is 34.2 Å². The van der Waals surface area contributed by atoms with Crippen LogP contribution in [0.3, 0.4) is 0 Å². The van der Waals surface area contributed by atoms with Crippen molar-refractivity contribution in [3.8, 4) is 0 Å². The monoisotopic (exact) mass is 283 g/mol. The molecule has 1 aromatic rings. The Labute approximate surface area is 122 Å². The molecular weight excluding hydrogens is 254 g/mol. The first kappa shape index (κ1) is 17.1. The molecule has 0 fully saturated rings. The summed E-state index contributed by atoms with van der Waals surface area (Å²) in [5.74, 6) is 0.903. The third-order valence-corrected chi connectivity index (χ3v) is 3.20. The molecule has 5 nitrogen and oxygen atoms in total. The average molecular weight is 283 g/mol. The van der Waals surface area contributed by atoms with Gasteiger partial charge in [0.05, 0.1) is 18.8 Å². The molecule has 0 radical (unpaired) electrons. The molecule has 0 spiro atoms. The van der Waals surface area contributed by atoms with Gasteiger partial charge in [-0.15, -0.1) is 0 Å². The maximum Gasteiger partial charge on any atom is 0.151 e. The predicted octanol–water partition coefficient (Wildman–Crippen LogP) is 2.42. The van der Waals surface area contributed by atoms with E-state index in [0.29, 0.717) is 6.04 Å². The molecule has 1 rings (SSSR count). The van der Waals surface area contributed by atoms with Gasteiger partial charge < -0.3 is 14.6 Å². The predicted molar refractivity (Wildman–Crippen MR) is 80.5 cm³/mol. The molecule has 0 saturated carbocycles. The van der Waals surface area contributed by atoms with E-state index in [9.17, 15) is 0 Å². The lowest BCUT2D eigenvalue weighted by atomic mass is 10.1. The number of nitrogens with one attached hydrogen (secondary N) is 1. The number of nitrogens with zero attached hydrogens (tertiary/aromatic N) is 2. The van der Waals surface area contributed by atoms with Crippen molar-refractivity contribution in [3.63, 3.8) is 0 Å². The summed E-state index contributed by atoms with van der Waals surface area (Å²) >= 11 is 0. The smallest absolute Gasteiger partial charge is 0.151 e. The Bertz CT molecular complexity index is 385. The van der Waals surface area contributed by atoms with Crippen LogP contribution in [-0.4, -0.2) is 41.9 Å². The van der Waals surface area contributed by atoms with E-state index in [2.05, 4.69) is 50.0 Å². The molecule has 1 N–H and O–H groups in total. The molecule has 0 aliphatic carbocycles. The normalized spacial score (nSPS) is 13.9. The molecule has 1 unspecified atom stereocenters. The number of likely N-dealkylation sites (N-methyl/N-ethyl adjacent to an activating group) is 1. The molecule has 0 saturated heterocycles. The standard InChI is InChI=1S/C15H29N3O2/c1-7-18(12(2)11-19-6)10-14-8-13(17-20-14)9-16-15(3,4)5/h8,12,16H,7,9-11H2,1-6H3. The Balaban J connectivity index is 2.53. The third-order valence-electron chi connectivity index (χ3n) is 3.20. The molecule has 116 valence electrons. The zero-order valence-corrected chi connectivity index (χ0v) is 13.7. The fraction of sp³-hybridized carbons (Fsp3) is 0.800. The summed E-state index contributed by atoms with van der Waals surface area (Å²) in [4.78, 5) is 2.31. The molecule has 1 atom stereocenters. The number of rotatable bonds is 8. The van der Waals surface area contributed by atoms with Gasteiger partial charge >= 0.3 is 0 Å². The zero-order chi connectivity index (χ0) is 15.2. The van der Waals surface area contributed by atoms with Crippen LogP contribution in [0.5, 0.6) is 0 Å². The molecule has 0 aliphatic rings. The summed E-state index contributed by atoms with van der Waals surface area (Å²) in [7, 11) is 1.73. The molecule has 1 aromatic heterocycles. The van der Waals surface area contributed by atoms with E-state index in [0.717, 1.165) is 37.7 Å². The third kappa shape index (κ3) is 6.03. The van der Waals surface area contributed by atoms with Crippen LogP contribution in [0.25, 0.3) is 0 Å². The Morgan fingerprint density at radius 3 is 2.70 bits per heavy atom. The van der Waals surface area contributed by atoms with E-state index >= 15 is 0 Å². The van der Waals surface area contributed by atoms with E-state index in [1.165, 1.54) is 0 Å². The van der Waals surface area contributed by atoms with Crippen LogP contribution in [0.2, 0.25) is 0 Å². The van der Waals surface area contributed by atoms with Gasteiger partial charge in [0.2, 0.25) is 0 Å². The number of ether oxygens (including phenoxy) is 1. The van der Waals surface area contributed by atoms with Crippen molar-refractivity contribution in [2.75, 3.05) is 20.3 Å². The molecule has 0 bridgehead atoms. The average Bonchev–Trinajstić information content (AvgIpc) is 2.80. The van der Waals surface area contributed by atoms with Crippen LogP contribution >= 0.6 is 0 Å². The first-order chi connectivity index (χ1) is 9.35.